The van der Waals surface area contributed by atoms with Crippen LogP contribution >= 0.6 is 0 Å². The van der Waals surface area contributed by atoms with E-state index in [-0.39, 0.29) is 13.2 Å². The van der Waals surface area contributed by atoms with Crippen molar-refractivity contribution < 1.29 is 48.5 Å². The Bertz CT molecular complexity index is 1250. The average Bonchev–Trinajstić information content (AvgIpc) is 2.98. The fourth-order valence-electron chi connectivity index (χ4n) is 4.34. The van der Waals surface area contributed by atoms with Crippen LogP contribution < -0.4 is 18.9 Å². The Hall–Kier alpha value is -3.83. The summed E-state index contributed by atoms with van der Waals surface area (Å²) in [4.78, 5) is 12.5. The van der Waals surface area contributed by atoms with Crippen molar-refractivity contribution >= 4 is 5.97 Å². The lowest BCUT2D eigenvalue weighted by Gasteiger charge is -2.41. The molecule has 39 heavy (non-hydrogen) atoms. The summed E-state index contributed by atoms with van der Waals surface area (Å²) >= 11 is 0. The molecule has 0 amide bonds. The van der Waals surface area contributed by atoms with E-state index in [2.05, 4.69) is 0 Å². The number of carbonyl (C=O) groups excluding carboxylic acids is 1. The molecular weight excluding hydrogens is 508 g/mol. The zero-order valence-electron chi connectivity index (χ0n) is 21.9. The van der Waals surface area contributed by atoms with Crippen LogP contribution in [0.15, 0.2) is 66.7 Å². The van der Waals surface area contributed by atoms with Gasteiger partial charge in [0.2, 0.25) is 0 Å². The predicted molar refractivity (Wildman–Crippen MR) is 139 cm³/mol. The third-order valence-electron chi connectivity index (χ3n) is 6.51. The number of rotatable bonds is 10. The fraction of sp³-hybridized carbons (Fsp3) is 0.345. The van der Waals surface area contributed by atoms with Crippen molar-refractivity contribution in [2.24, 2.45) is 0 Å². The van der Waals surface area contributed by atoms with Crippen LogP contribution in [0, 0.1) is 0 Å². The van der Waals surface area contributed by atoms with Crippen molar-refractivity contribution in [3.63, 3.8) is 0 Å². The summed E-state index contributed by atoms with van der Waals surface area (Å²) in [5.41, 5.74) is 1.36. The summed E-state index contributed by atoms with van der Waals surface area (Å²) in [7, 11) is 4.53. The number of aliphatic hydroxyl groups excluding tert-OH is 3. The molecule has 1 heterocycles. The van der Waals surface area contributed by atoms with Crippen molar-refractivity contribution in [1.29, 1.82) is 0 Å². The van der Waals surface area contributed by atoms with Gasteiger partial charge in [0.25, 0.3) is 0 Å². The van der Waals surface area contributed by atoms with Crippen LogP contribution in [-0.2, 0) is 16.1 Å². The molecule has 1 saturated heterocycles. The quantitative estimate of drug-likeness (QED) is 0.330. The number of carbonyl (C=O) groups is 1. The Morgan fingerprint density at radius 3 is 2.21 bits per heavy atom. The number of esters is 1. The Morgan fingerprint density at radius 2 is 1.51 bits per heavy atom. The molecule has 3 aromatic carbocycles. The second-order valence-electron chi connectivity index (χ2n) is 8.90. The lowest BCUT2D eigenvalue weighted by Crippen LogP contribution is -2.55. The van der Waals surface area contributed by atoms with Gasteiger partial charge in [0.15, 0.2) is 11.5 Å². The molecular formula is C29H32O10. The van der Waals surface area contributed by atoms with Crippen molar-refractivity contribution in [3.05, 3.63) is 83.4 Å². The molecule has 5 atom stereocenters. The molecule has 3 N–H and O–H groups in total. The molecule has 1 fully saturated rings. The van der Waals surface area contributed by atoms with Gasteiger partial charge in [-0.1, -0.05) is 24.3 Å². The van der Waals surface area contributed by atoms with Crippen molar-refractivity contribution in [2.45, 2.75) is 37.1 Å². The van der Waals surface area contributed by atoms with Crippen LogP contribution in [0.2, 0.25) is 0 Å². The molecule has 0 spiro atoms. The minimum absolute atomic E-state index is 0.134. The molecule has 0 aliphatic carbocycles. The molecule has 0 bridgehead atoms. The predicted octanol–water partition coefficient (Wildman–Crippen LogP) is 2.67. The highest BCUT2D eigenvalue weighted by Gasteiger charge is 2.45. The van der Waals surface area contributed by atoms with Crippen LogP contribution in [0.4, 0.5) is 0 Å². The van der Waals surface area contributed by atoms with E-state index in [0.29, 0.717) is 39.7 Å². The molecule has 1 aliphatic heterocycles. The molecule has 4 rings (SSSR count). The minimum Gasteiger partial charge on any atom is -0.497 e. The van der Waals surface area contributed by atoms with E-state index in [4.69, 9.17) is 28.4 Å². The summed E-state index contributed by atoms with van der Waals surface area (Å²) in [6, 6.07) is 18.5. The number of aliphatic hydroxyl groups is 3. The summed E-state index contributed by atoms with van der Waals surface area (Å²) in [6.45, 7) is -0.274. The highest BCUT2D eigenvalue weighted by molar-refractivity contribution is 5.89. The summed E-state index contributed by atoms with van der Waals surface area (Å²) in [5.74, 6) is 1.40. The first-order valence-electron chi connectivity index (χ1n) is 12.3. The molecule has 3 aromatic rings. The van der Waals surface area contributed by atoms with E-state index in [1.165, 1.54) is 21.3 Å². The van der Waals surface area contributed by atoms with Gasteiger partial charge in [0, 0.05) is 6.07 Å². The first-order chi connectivity index (χ1) is 18.9. The zero-order chi connectivity index (χ0) is 27.9. The first kappa shape index (κ1) is 28.2. The van der Waals surface area contributed by atoms with Gasteiger partial charge in [-0.25, -0.2) is 4.79 Å². The summed E-state index contributed by atoms with van der Waals surface area (Å²) in [6.07, 6.45) is -6.46. The SMILES string of the molecule is COc1ccc([C@@H]2O[C@H](COc3ccc(OC)c(OC)c3)[C@@H](O)[C@H](O)[C@H]2O)c(COC(=O)c2ccccc2)c1. The van der Waals surface area contributed by atoms with Crippen LogP contribution in [-0.4, -0.2) is 73.6 Å². The van der Waals surface area contributed by atoms with Gasteiger partial charge >= 0.3 is 5.97 Å². The number of hydrogen-bond acceptors (Lipinski definition) is 10. The van der Waals surface area contributed by atoms with Crippen LogP contribution in [0.3, 0.4) is 0 Å². The van der Waals surface area contributed by atoms with Gasteiger partial charge in [-0.2, -0.15) is 0 Å². The number of methoxy groups -OCH3 is 3. The van der Waals surface area contributed by atoms with Crippen LogP contribution in [0.25, 0.3) is 0 Å². The molecule has 0 saturated carbocycles. The second-order valence-corrected chi connectivity index (χ2v) is 8.90. The van der Waals surface area contributed by atoms with Crippen LogP contribution in [0.5, 0.6) is 23.0 Å². The Morgan fingerprint density at radius 1 is 0.795 bits per heavy atom. The van der Waals surface area contributed by atoms with E-state index >= 15 is 0 Å². The van der Waals surface area contributed by atoms with Crippen LogP contribution in [0.1, 0.15) is 27.6 Å². The van der Waals surface area contributed by atoms with Gasteiger partial charge in [0.1, 0.15) is 55.2 Å². The van der Waals surface area contributed by atoms with Gasteiger partial charge in [-0.15, -0.1) is 0 Å². The van der Waals surface area contributed by atoms with Gasteiger partial charge in [-0.05, 0) is 47.5 Å². The Labute approximate surface area is 226 Å². The second kappa shape index (κ2) is 12.8. The fourth-order valence-corrected chi connectivity index (χ4v) is 4.34. The minimum atomic E-state index is -1.52. The van der Waals surface area contributed by atoms with E-state index in [1.54, 1.807) is 66.7 Å². The molecule has 10 nitrogen and oxygen atoms in total. The highest BCUT2D eigenvalue weighted by atomic mass is 16.6. The average molecular weight is 541 g/mol. The molecule has 0 unspecified atom stereocenters. The van der Waals surface area contributed by atoms with E-state index in [1.807, 2.05) is 0 Å². The van der Waals surface area contributed by atoms with E-state index in [0.717, 1.165) is 0 Å². The maximum absolute atomic E-state index is 12.5. The number of benzene rings is 3. The number of ether oxygens (including phenoxy) is 6. The molecule has 1 aliphatic rings. The van der Waals surface area contributed by atoms with Crippen molar-refractivity contribution in [3.8, 4) is 23.0 Å². The largest absolute Gasteiger partial charge is 0.497 e. The third kappa shape index (κ3) is 6.43. The standard InChI is InChI=1S/C29H32O10/c1-34-19-9-11-21(18(13-19)15-38-29(33)17-7-5-4-6-8-17)28-27(32)26(31)25(30)24(39-28)16-37-20-10-12-22(35-2)23(14-20)36-3/h4-14,24-28,30-32H,15-16H2,1-3H3/t24-,25-,26+,27-,28+/m1/s1. The zero-order valence-corrected chi connectivity index (χ0v) is 21.9. The van der Waals surface area contributed by atoms with Crippen molar-refractivity contribution in [2.75, 3.05) is 27.9 Å². The Kier molecular flexibility index (Phi) is 9.26. The molecule has 0 radical (unpaired) electrons. The third-order valence-corrected chi connectivity index (χ3v) is 6.51. The maximum Gasteiger partial charge on any atom is 0.338 e. The molecule has 0 aromatic heterocycles. The highest BCUT2D eigenvalue weighted by Crippen LogP contribution is 2.37. The number of hydrogen-bond donors (Lipinski definition) is 3. The van der Waals surface area contributed by atoms with Gasteiger partial charge in [0.05, 0.1) is 26.9 Å². The molecule has 10 heteroatoms. The topological polar surface area (TPSA) is 133 Å². The smallest absolute Gasteiger partial charge is 0.338 e. The van der Waals surface area contributed by atoms with E-state index in [9.17, 15) is 20.1 Å². The lowest BCUT2D eigenvalue weighted by molar-refractivity contribution is -0.230. The lowest BCUT2D eigenvalue weighted by atomic mass is 9.89. The summed E-state index contributed by atoms with van der Waals surface area (Å²) in [5, 5.41) is 32.2. The van der Waals surface area contributed by atoms with Crippen molar-refractivity contribution in [1.82, 2.24) is 0 Å². The molecule has 208 valence electrons. The normalized spacial score (nSPS) is 22.6. The maximum atomic E-state index is 12.5. The van der Waals surface area contributed by atoms with Gasteiger partial charge in [-0.3, -0.25) is 0 Å². The van der Waals surface area contributed by atoms with Gasteiger partial charge < -0.3 is 43.7 Å². The first-order valence-corrected chi connectivity index (χ1v) is 12.3. The monoisotopic (exact) mass is 540 g/mol. The summed E-state index contributed by atoms with van der Waals surface area (Å²) < 4.78 is 33.3. The van der Waals surface area contributed by atoms with E-state index < -0.39 is 36.5 Å². The Balaban J connectivity index is 1.53.